The van der Waals surface area contributed by atoms with Crippen molar-refractivity contribution in [3.63, 3.8) is 0 Å². The van der Waals surface area contributed by atoms with Crippen LogP contribution in [0.5, 0.6) is 11.5 Å². The number of hydrogen-bond donors (Lipinski definition) is 0. The van der Waals surface area contributed by atoms with Crippen LogP contribution < -0.4 is 9.47 Å². The first-order chi connectivity index (χ1) is 12.2. The highest BCUT2D eigenvalue weighted by Gasteiger charge is 2.51. The molecule has 2 atom stereocenters. The molecular weight excluding hydrogens is 318 g/mol. The molecule has 5 rings (SSSR count). The van der Waals surface area contributed by atoms with E-state index in [0.29, 0.717) is 23.8 Å². The number of methoxy groups -OCH3 is 2. The summed E-state index contributed by atoms with van der Waals surface area (Å²) in [6.45, 7) is 4.07. The van der Waals surface area contributed by atoms with E-state index in [1.165, 1.54) is 5.71 Å². The van der Waals surface area contributed by atoms with E-state index in [9.17, 15) is 4.79 Å². The molecule has 134 valence electrons. The molecule has 1 aromatic rings. The Morgan fingerprint density at radius 3 is 2.52 bits per heavy atom. The van der Waals surface area contributed by atoms with Crippen molar-refractivity contribution in [2.45, 2.75) is 38.3 Å². The number of piperidine rings is 3. The Labute approximate surface area is 148 Å². The van der Waals surface area contributed by atoms with Crippen molar-refractivity contribution in [3.8, 4) is 11.5 Å². The quantitative estimate of drug-likeness (QED) is 0.843. The summed E-state index contributed by atoms with van der Waals surface area (Å²) in [6.07, 6.45) is 2.77. The Kier molecular flexibility index (Phi) is 4.15. The van der Waals surface area contributed by atoms with Gasteiger partial charge in [0.05, 0.1) is 26.0 Å². The van der Waals surface area contributed by atoms with E-state index >= 15 is 0 Å². The van der Waals surface area contributed by atoms with Gasteiger partial charge in [-0.25, -0.2) is 5.01 Å². The minimum atomic E-state index is -0.0784. The van der Waals surface area contributed by atoms with Crippen molar-refractivity contribution in [2.24, 2.45) is 11.0 Å². The van der Waals surface area contributed by atoms with E-state index in [2.05, 4.69) is 4.90 Å². The number of carbonyl (C=O) groups is 1. The summed E-state index contributed by atoms with van der Waals surface area (Å²) in [6, 6.07) is 6.05. The summed E-state index contributed by atoms with van der Waals surface area (Å²) in [4.78, 5) is 15.1. The van der Waals surface area contributed by atoms with Gasteiger partial charge < -0.3 is 9.47 Å². The Hall–Kier alpha value is -2.08. The molecule has 0 aromatic heterocycles. The van der Waals surface area contributed by atoms with Crippen LogP contribution in [0.25, 0.3) is 0 Å². The van der Waals surface area contributed by atoms with Gasteiger partial charge in [0, 0.05) is 12.3 Å². The maximum absolute atomic E-state index is 12.6. The van der Waals surface area contributed by atoms with E-state index in [-0.39, 0.29) is 18.0 Å². The molecule has 0 unspecified atom stereocenters. The lowest BCUT2D eigenvalue weighted by Crippen LogP contribution is -2.56. The zero-order chi connectivity index (χ0) is 17.6. The van der Waals surface area contributed by atoms with Crippen LogP contribution in [0.1, 0.15) is 37.8 Å². The molecule has 4 aliphatic heterocycles. The lowest BCUT2D eigenvalue weighted by molar-refractivity contribution is -0.133. The SMILES string of the molecule is CCC(=O)N1N=C2C3CCN(CC3)[C@@H]2[C@@H]1c1ccc(OC)c(OC)c1. The number of rotatable bonds is 4. The molecule has 0 aliphatic carbocycles. The predicted octanol–water partition coefficient (Wildman–Crippen LogP) is 2.45. The number of hydrogen-bond acceptors (Lipinski definition) is 5. The van der Waals surface area contributed by atoms with Gasteiger partial charge in [-0.3, -0.25) is 9.69 Å². The van der Waals surface area contributed by atoms with Crippen molar-refractivity contribution < 1.29 is 14.3 Å². The van der Waals surface area contributed by atoms with Gasteiger partial charge in [-0.05, 0) is 43.6 Å². The highest BCUT2D eigenvalue weighted by molar-refractivity contribution is 5.97. The second-order valence-corrected chi connectivity index (χ2v) is 6.93. The van der Waals surface area contributed by atoms with E-state index in [4.69, 9.17) is 14.6 Å². The van der Waals surface area contributed by atoms with Crippen LogP contribution in [-0.2, 0) is 4.79 Å². The first-order valence-corrected chi connectivity index (χ1v) is 9.04. The largest absolute Gasteiger partial charge is 0.493 e. The molecule has 0 N–H and O–H groups in total. The number of carbonyl (C=O) groups excluding carboxylic acids is 1. The fourth-order valence-corrected chi connectivity index (χ4v) is 4.46. The maximum atomic E-state index is 12.6. The molecule has 0 spiro atoms. The van der Waals surface area contributed by atoms with Gasteiger partial charge in [-0.15, -0.1) is 0 Å². The van der Waals surface area contributed by atoms with E-state index in [1.54, 1.807) is 19.2 Å². The fourth-order valence-electron chi connectivity index (χ4n) is 4.46. The molecule has 2 bridgehead atoms. The number of amides is 1. The predicted molar refractivity (Wildman–Crippen MR) is 94.9 cm³/mol. The van der Waals surface area contributed by atoms with Gasteiger partial charge in [0.15, 0.2) is 11.5 Å². The number of hydrazone groups is 1. The smallest absolute Gasteiger partial charge is 0.243 e. The Morgan fingerprint density at radius 2 is 1.88 bits per heavy atom. The number of ether oxygens (including phenoxy) is 2. The summed E-state index contributed by atoms with van der Waals surface area (Å²) in [5, 5.41) is 6.53. The Morgan fingerprint density at radius 1 is 1.16 bits per heavy atom. The third kappa shape index (κ3) is 2.51. The van der Waals surface area contributed by atoms with Crippen LogP contribution >= 0.6 is 0 Å². The first kappa shape index (κ1) is 16.4. The van der Waals surface area contributed by atoms with Crippen LogP contribution in [-0.4, -0.2) is 54.9 Å². The average Bonchev–Trinajstić information content (AvgIpc) is 3.10. The third-order valence-electron chi connectivity index (χ3n) is 5.74. The number of fused-ring (bicyclic) bond motifs is 2. The molecule has 0 saturated carbocycles. The van der Waals surface area contributed by atoms with Gasteiger partial charge in [0.2, 0.25) is 5.91 Å². The van der Waals surface area contributed by atoms with Gasteiger partial charge in [-0.2, -0.15) is 5.10 Å². The molecule has 1 amide bonds. The summed E-state index contributed by atoms with van der Waals surface area (Å²) in [7, 11) is 3.27. The normalized spacial score (nSPS) is 30.0. The second kappa shape index (κ2) is 6.33. The first-order valence-electron chi connectivity index (χ1n) is 9.04. The van der Waals surface area contributed by atoms with Crippen molar-refractivity contribution in [1.82, 2.24) is 9.91 Å². The van der Waals surface area contributed by atoms with Crippen molar-refractivity contribution in [2.75, 3.05) is 27.3 Å². The molecule has 6 heteroatoms. The molecular formula is C19H25N3O3. The van der Waals surface area contributed by atoms with Gasteiger partial charge >= 0.3 is 0 Å². The van der Waals surface area contributed by atoms with Crippen LogP contribution in [0.15, 0.2) is 23.3 Å². The lowest BCUT2D eigenvalue weighted by atomic mass is 9.78. The molecule has 4 heterocycles. The average molecular weight is 343 g/mol. The number of nitrogens with zero attached hydrogens (tertiary/aromatic N) is 3. The Bertz CT molecular complexity index is 710. The zero-order valence-electron chi connectivity index (χ0n) is 15.1. The van der Waals surface area contributed by atoms with Gasteiger partial charge in [0.25, 0.3) is 0 Å². The number of benzene rings is 1. The molecule has 3 fully saturated rings. The highest BCUT2D eigenvalue weighted by atomic mass is 16.5. The maximum Gasteiger partial charge on any atom is 0.243 e. The van der Waals surface area contributed by atoms with Gasteiger partial charge in [-0.1, -0.05) is 13.0 Å². The van der Waals surface area contributed by atoms with Crippen molar-refractivity contribution in [1.29, 1.82) is 0 Å². The minimum absolute atomic E-state index is 0.0716. The molecule has 0 radical (unpaired) electrons. The topological polar surface area (TPSA) is 54.4 Å². The van der Waals surface area contributed by atoms with Crippen molar-refractivity contribution in [3.05, 3.63) is 23.8 Å². The lowest BCUT2D eigenvalue weighted by Gasteiger charge is -2.46. The van der Waals surface area contributed by atoms with Crippen LogP contribution in [0, 0.1) is 5.92 Å². The third-order valence-corrected chi connectivity index (χ3v) is 5.74. The van der Waals surface area contributed by atoms with Gasteiger partial charge in [0.1, 0.15) is 6.04 Å². The van der Waals surface area contributed by atoms with Crippen LogP contribution in [0.3, 0.4) is 0 Å². The summed E-state index contributed by atoms with van der Waals surface area (Å²) in [5.74, 6) is 1.98. The fraction of sp³-hybridized carbons (Fsp3) is 0.579. The van der Waals surface area contributed by atoms with Crippen molar-refractivity contribution >= 4 is 11.6 Å². The monoisotopic (exact) mass is 343 g/mol. The minimum Gasteiger partial charge on any atom is -0.493 e. The van der Waals surface area contributed by atoms with Crippen LogP contribution in [0.2, 0.25) is 0 Å². The second-order valence-electron chi connectivity index (χ2n) is 6.93. The zero-order valence-corrected chi connectivity index (χ0v) is 15.1. The molecule has 1 aromatic carbocycles. The van der Waals surface area contributed by atoms with Crippen LogP contribution in [0.4, 0.5) is 0 Å². The highest BCUT2D eigenvalue weighted by Crippen LogP contribution is 2.44. The summed E-state index contributed by atoms with van der Waals surface area (Å²) < 4.78 is 10.8. The molecule has 25 heavy (non-hydrogen) atoms. The summed E-state index contributed by atoms with van der Waals surface area (Å²) >= 11 is 0. The molecule has 6 nitrogen and oxygen atoms in total. The standard InChI is InChI=1S/C19H25N3O3/c1-4-16(23)22-18(13-5-6-14(24-2)15(11-13)25-3)19-17(20-22)12-7-9-21(19)10-8-12/h5-6,11-12,18-19H,4,7-10H2,1-3H3/t18-,19-/m0/s1. The molecule has 3 saturated heterocycles. The summed E-state index contributed by atoms with van der Waals surface area (Å²) in [5.41, 5.74) is 2.25. The van der Waals surface area contributed by atoms with E-state index in [0.717, 1.165) is 31.5 Å². The van der Waals surface area contributed by atoms with E-state index < -0.39 is 0 Å². The Balaban J connectivity index is 1.77. The molecule has 4 aliphatic rings. The van der Waals surface area contributed by atoms with E-state index in [1.807, 2.05) is 25.1 Å².